The lowest BCUT2D eigenvalue weighted by Crippen LogP contribution is -2.45. The minimum atomic E-state index is 1.02. The van der Waals surface area contributed by atoms with Crippen LogP contribution in [0.3, 0.4) is 0 Å². The van der Waals surface area contributed by atoms with E-state index >= 15 is 0 Å². The number of pyridine rings is 1. The van der Waals surface area contributed by atoms with E-state index in [0.29, 0.717) is 0 Å². The number of aromatic nitrogens is 1. The SMILES string of the molecule is CCN1CCN(Cc2cccc3cccnc23)CC1. The fourth-order valence-corrected chi connectivity index (χ4v) is 2.80. The van der Waals surface area contributed by atoms with Crippen molar-refractivity contribution in [3.05, 3.63) is 42.1 Å². The Labute approximate surface area is 114 Å². The number of nitrogens with zero attached hydrogens (tertiary/aromatic N) is 3. The van der Waals surface area contributed by atoms with Gasteiger partial charge in [-0.15, -0.1) is 0 Å². The highest BCUT2D eigenvalue weighted by molar-refractivity contribution is 5.81. The monoisotopic (exact) mass is 255 g/mol. The molecule has 0 saturated carbocycles. The third-order valence-electron chi connectivity index (χ3n) is 4.02. The second kappa shape index (κ2) is 5.68. The van der Waals surface area contributed by atoms with Crippen molar-refractivity contribution in [1.29, 1.82) is 0 Å². The normalized spacial score (nSPS) is 17.9. The minimum absolute atomic E-state index is 1.02. The van der Waals surface area contributed by atoms with Gasteiger partial charge in [-0.3, -0.25) is 9.88 Å². The summed E-state index contributed by atoms with van der Waals surface area (Å²) in [5, 5.41) is 1.24. The summed E-state index contributed by atoms with van der Waals surface area (Å²) in [5.74, 6) is 0. The molecule has 0 aliphatic carbocycles. The van der Waals surface area contributed by atoms with Crippen molar-refractivity contribution in [1.82, 2.24) is 14.8 Å². The first-order valence-electron chi connectivity index (χ1n) is 7.14. The van der Waals surface area contributed by atoms with Crippen LogP contribution in [0.2, 0.25) is 0 Å². The van der Waals surface area contributed by atoms with E-state index in [1.54, 1.807) is 0 Å². The van der Waals surface area contributed by atoms with Crippen molar-refractivity contribution in [3.8, 4) is 0 Å². The summed E-state index contributed by atoms with van der Waals surface area (Å²) < 4.78 is 0. The number of fused-ring (bicyclic) bond motifs is 1. The molecule has 3 nitrogen and oxygen atoms in total. The lowest BCUT2D eigenvalue weighted by molar-refractivity contribution is 0.132. The highest BCUT2D eigenvalue weighted by Crippen LogP contribution is 2.18. The maximum absolute atomic E-state index is 4.54. The molecule has 2 aromatic rings. The minimum Gasteiger partial charge on any atom is -0.301 e. The quantitative estimate of drug-likeness (QED) is 0.839. The number of benzene rings is 1. The van der Waals surface area contributed by atoms with Crippen molar-refractivity contribution in [3.63, 3.8) is 0 Å². The van der Waals surface area contributed by atoms with Crippen LogP contribution < -0.4 is 0 Å². The first-order chi connectivity index (χ1) is 9.36. The van der Waals surface area contributed by atoms with E-state index in [1.807, 2.05) is 12.3 Å². The molecule has 2 heterocycles. The van der Waals surface area contributed by atoms with Crippen molar-refractivity contribution in [2.24, 2.45) is 0 Å². The highest BCUT2D eigenvalue weighted by atomic mass is 15.3. The molecule has 3 rings (SSSR count). The largest absolute Gasteiger partial charge is 0.301 e. The summed E-state index contributed by atoms with van der Waals surface area (Å²) in [6.07, 6.45) is 1.89. The molecule has 0 unspecified atom stereocenters. The summed E-state index contributed by atoms with van der Waals surface area (Å²) in [7, 11) is 0. The van der Waals surface area contributed by atoms with Gasteiger partial charge in [-0.25, -0.2) is 0 Å². The van der Waals surface area contributed by atoms with Crippen LogP contribution in [0.25, 0.3) is 10.9 Å². The van der Waals surface area contributed by atoms with Gasteiger partial charge in [0.2, 0.25) is 0 Å². The molecular weight excluding hydrogens is 234 g/mol. The van der Waals surface area contributed by atoms with E-state index in [0.717, 1.165) is 25.2 Å². The van der Waals surface area contributed by atoms with Gasteiger partial charge < -0.3 is 4.90 Å². The Morgan fingerprint density at radius 1 is 1.00 bits per heavy atom. The second-order valence-electron chi connectivity index (χ2n) is 5.20. The highest BCUT2D eigenvalue weighted by Gasteiger charge is 2.16. The summed E-state index contributed by atoms with van der Waals surface area (Å²) >= 11 is 0. The molecule has 0 bridgehead atoms. The van der Waals surface area contributed by atoms with Crippen LogP contribution in [0, 0.1) is 0 Å². The molecule has 3 heteroatoms. The molecule has 1 aliphatic heterocycles. The van der Waals surface area contributed by atoms with Crippen molar-refractivity contribution in [2.45, 2.75) is 13.5 Å². The van der Waals surface area contributed by atoms with Crippen LogP contribution in [0.4, 0.5) is 0 Å². The van der Waals surface area contributed by atoms with Gasteiger partial charge in [-0.2, -0.15) is 0 Å². The number of hydrogen-bond donors (Lipinski definition) is 0. The molecular formula is C16H21N3. The van der Waals surface area contributed by atoms with Crippen molar-refractivity contribution in [2.75, 3.05) is 32.7 Å². The molecule has 0 radical (unpaired) electrons. The number of para-hydroxylation sites is 1. The summed E-state index contributed by atoms with van der Waals surface area (Å²) in [4.78, 5) is 9.59. The van der Waals surface area contributed by atoms with Crippen LogP contribution >= 0.6 is 0 Å². The first-order valence-corrected chi connectivity index (χ1v) is 7.14. The van der Waals surface area contributed by atoms with Gasteiger partial charge in [0.1, 0.15) is 0 Å². The average Bonchev–Trinajstić information content (AvgIpc) is 2.48. The van der Waals surface area contributed by atoms with Crippen LogP contribution in [0.5, 0.6) is 0 Å². The van der Waals surface area contributed by atoms with E-state index in [4.69, 9.17) is 0 Å². The molecule has 1 aliphatic rings. The molecule has 1 aromatic carbocycles. The molecule has 0 N–H and O–H groups in total. The molecule has 100 valence electrons. The molecule has 0 spiro atoms. The van der Waals surface area contributed by atoms with E-state index < -0.39 is 0 Å². The van der Waals surface area contributed by atoms with Crippen LogP contribution in [0.1, 0.15) is 12.5 Å². The number of hydrogen-bond acceptors (Lipinski definition) is 3. The van der Waals surface area contributed by atoms with Gasteiger partial charge in [0.05, 0.1) is 5.52 Å². The maximum atomic E-state index is 4.54. The molecule has 1 fully saturated rings. The fraction of sp³-hybridized carbons (Fsp3) is 0.438. The van der Waals surface area contributed by atoms with E-state index in [9.17, 15) is 0 Å². The van der Waals surface area contributed by atoms with E-state index in [2.05, 4.69) is 46.0 Å². The third-order valence-corrected chi connectivity index (χ3v) is 4.02. The molecule has 0 atom stereocenters. The Kier molecular flexibility index (Phi) is 3.76. The molecule has 19 heavy (non-hydrogen) atoms. The van der Waals surface area contributed by atoms with Gasteiger partial charge in [0.25, 0.3) is 0 Å². The fourth-order valence-electron chi connectivity index (χ4n) is 2.80. The predicted octanol–water partition coefficient (Wildman–Crippen LogP) is 2.37. The van der Waals surface area contributed by atoms with Crippen LogP contribution in [-0.4, -0.2) is 47.5 Å². The molecule has 0 amide bonds. The standard InChI is InChI=1S/C16H21N3/c1-2-18-9-11-19(12-10-18)13-15-6-3-5-14-7-4-8-17-16(14)15/h3-8H,2,9-13H2,1H3. The zero-order chi connectivity index (χ0) is 13.1. The zero-order valence-electron chi connectivity index (χ0n) is 11.5. The van der Waals surface area contributed by atoms with E-state index in [-0.39, 0.29) is 0 Å². The Balaban J connectivity index is 1.75. The van der Waals surface area contributed by atoms with E-state index in [1.165, 1.54) is 30.6 Å². The van der Waals surface area contributed by atoms with Gasteiger partial charge in [0, 0.05) is 44.3 Å². The number of piperazine rings is 1. The van der Waals surface area contributed by atoms with Crippen molar-refractivity contribution < 1.29 is 0 Å². The molecule has 1 aromatic heterocycles. The van der Waals surface area contributed by atoms with Crippen molar-refractivity contribution >= 4 is 10.9 Å². The Morgan fingerprint density at radius 2 is 1.74 bits per heavy atom. The Hall–Kier alpha value is -1.45. The van der Waals surface area contributed by atoms with Gasteiger partial charge in [0.15, 0.2) is 0 Å². The lowest BCUT2D eigenvalue weighted by atomic mass is 10.1. The maximum Gasteiger partial charge on any atom is 0.0746 e. The number of rotatable bonds is 3. The first kappa shape index (κ1) is 12.6. The van der Waals surface area contributed by atoms with Gasteiger partial charge in [-0.1, -0.05) is 31.2 Å². The van der Waals surface area contributed by atoms with Gasteiger partial charge in [-0.05, 0) is 18.2 Å². The topological polar surface area (TPSA) is 19.4 Å². The zero-order valence-corrected chi connectivity index (χ0v) is 11.5. The Bertz CT molecular complexity index is 539. The van der Waals surface area contributed by atoms with Gasteiger partial charge >= 0.3 is 0 Å². The predicted molar refractivity (Wildman–Crippen MR) is 79.1 cm³/mol. The van der Waals surface area contributed by atoms with Crippen LogP contribution in [0.15, 0.2) is 36.5 Å². The Morgan fingerprint density at radius 3 is 2.53 bits per heavy atom. The summed E-state index contributed by atoms with van der Waals surface area (Å²) in [6.45, 7) is 9.14. The lowest BCUT2D eigenvalue weighted by Gasteiger charge is -2.34. The third kappa shape index (κ3) is 2.77. The number of likely N-dealkylation sites (N-methyl/N-ethyl adjacent to an activating group) is 1. The molecule has 1 saturated heterocycles. The van der Waals surface area contributed by atoms with Crippen LogP contribution in [-0.2, 0) is 6.54 Å². The summed E-state index contributed by atoms with van der Waals surface area (Å²) in [6, 6.07) is 10.6. The average molecular weight is 255 g/mol. The summed E-state index contributed by atoms with van der Waals surface area (Å²) in [5.41, 5.74) is 2.51. The smallest absolute Gasteiger partial charge is 0.0746 e. The second-order valence-corrected chi connectivity index (χ2v) is 5.20.